The van der Waals surface area contributed by atoms with E-state index in [0.29, 0.717) is 0 Å². The van der Waals surface area contributed by atoms with Gasteiger partial charge in [-0.2, -0.15) is 0 Å². The Morgan fingerprint density at radius 1 is 1.29 bits per heavy atom. The number of benzene rings is 1. The van der Waals surface area contributed by atoms with E-state index in [9.17, 15) is 0 Å². The Morgan fingerprint density at radius 2 is 2.12 bits per heavy atom. The minimum atomic E-state index is 0.889. The fraction of sp³-hybridized carbons (Fsp3) is 0.600. The predicted octanol–water partition coefficient (Wildman–Crippen LogP) is 2.51. The molecule has 1 aromatic carbocycles. The van der Waals surface area contributed by atoms with E-state index >= 15 is 0 Å². The van der Waals surface area contributed by atoms with Crippen LogP contribution in [0.1, 0.15) is 24.8 Å². The first kappa shape index (κ1) is 12.6. The van der Waals surface area contributed by atoms with Gasteiger partial charge in [0.2, 0.25) is 0 Å². The van der Waals surface area contributed by atoms with Crippen molar-refractivity contribution in [2.45, 2.75) is 25.8 Å². The average molecular weight is 232 g/mol. The van der Waals surface area contributed by atoms with Crippen LogP contribution in [-0.4, -0.2) is 31.6 Å². The van der Waals surface area contributed by atoms with Crippen LogP contribution in [-0.2, 0) is 6.54 Å². The first-order valence-corrected chi connectivity index (χ1v) is 6.79. The highest BCUT2D eigenvalue weighted by Gasteiger charge is 2.19. The van der Waals surface area contributed by atoms with Crippen LogP contribution in [0.2, 0.25) is 0 Å². The topological polar surface area (TPSA) is 15.3 Å². The Hall–Kier alpha value is -0.860. The highest BCUT2D eigenvalue weighted by molar-refractivity contribution is 5.14. The third-order valence-electron chi connectivity index (χ3n) is 3.65. The van der Waals surface area contributed by atoms with Crippen LogP contribution in [0.3, 0.4) is 0 Å². The van der Waals surface area contributed by atoms with Crippen LogP contribution in [0.4, 0.5) is 0 Å². The summed E-state index contributed by atoms with van der Waals surface area (Å²) in [7, 11) is 2.05. The van der Waals surface area contributed by atoms with Gasteiger partial charge >= 0.3 is 0 Å². The van der Waals surface area contributed by atoms with Crippen molar-refractivity contribution in [3.63, 3.8) is 0 Å². The molecular weight excluding hydrogens is 208 g/mol. The monoisotopic (exact) mass is 232 g/mol. The van der Waals surface area contributed by atoms with Crippen molar-refractivity contribution in [3.05, 3.63) is 35.9 Å². The molecule has 17 heavy (non-hydrogen) atoms. The van der Waals surface area contributed by atoms with Gasteiger partial charge in [-0.15, -0.1) is 0 Å². The van der Waals surface area contributed by atoms with Crippen LogP contribution in [0.5, 0.6) is 0 Å². The molecule has 0 radical (unpaired) electrons. The number of piperidine rings is 1. The molecular formula is C15H24N2. The lowest BCUT2D eigenvalue weighted by Gasteiger charge is -2.32. The minimum absolute atomic E-state index is 0.889. The lowest BCUT2D eigenvalue weighted by Crippen LogP contribution is -2.35. The van der Waals surface area contributed by atoms with E-state index in [1.54, 1.807) is 0 Å². The molecule has 1 aromatic rings. The highest BCUT2D eigenvalue weighted by atomic mass is 15.1. The molecule has 2 heteroatoms. The number of nitrogens with zero attached hydrogens (tertiary/aromatic N) is 1. The van der Waals surface area contributed by atoms with Crippen molar-refractivity contribution in [1.82, 2.24) is 10.2 Å². The van der Waals surface area contributed by atoms with E-state index in [2.05, 4.69) is 40.5 Å². The normalized spacial score (nSPS) is 21.6. The first-order chi connectivity index (χ1) is 8.38. The van der Waals surface area contributed by atoms with Crippen LogP contribution in [0.25, 0.3) is 0 Å². The summed E-state index contributed by atoms with van der Waals surface area (Å²) in [6.07, 6.45) is 4.09. The third kappa shape index (κ3) is 4.14. The summed E-state index contributed by atoms with van der Waals surface area (Å²) in [5.74, 6) is 0.889. The molecule has 0 aliphatic carbocycles. The predicted molar refractivity (Wildman–Crippen MR) is 73.0 cm³/mol. The van der Waals surface area contributed by atoms with E-state index in [4.69, 9.17) is 0 Å². The molecule has 0 amide bonds. The Morgan fingerprint density at radius 3 is 2.88 bits per heavy atom. The Labute approximate surface area is 105 Å². The fourth-order valence-corrected chi connectivity index (χ4v) is 2.72. The van der Waals surface area contributed by atoms with E-state index in [1.807, 2.05) is 7.05 Å². The van der Waals surface area contributed by atoms with E-state index in [-0.39, 0.29) is 0 Å². The van der Waals surface area contributed by atoms with Crippen molar-refractivity contribution in [1.29, 1.82) is 0 Å². The second-order valence-electron chi connectivity index (χ2n) is 5.12. The van der Waals surface area contributed by atoms with Crippen molar-refractivity contribution in [2.75, 3.05) is 26.7 Å². The molecule has 0 spiro atoms. The summed E-state index contributed by atoms with van der Waals surface area (Å²) in [4.78, 5) is 2.61. The van der Waals surface area contributed by atoms with Gasteiger partial charge in [-0.05, 0) is 50.9 Å². The highest BCUT2D eigenvalue weighted by Crippen LogP contribution is 2.20. The van der Waals surface area contributed by atoms with Gasteiger partial charge in [-0.1, -0.05) is 30.3 Å². The molecule has 0 aromatic heterocycles. The largest absolute Gasteiger partial charge is 0.320 e. The van der Waals surface area contributed by atoms with Crippen LogP contribution in [0, 0.1) is 5.92 Å². The van der Waals surface area contributed by atoms with Crippen LogP contribution < -0.4 is 5.32 Å². The molecule has 2 rings (SSSR count). The summed E-state index contributed by atoms with van der Waals surface area (Å²) in [6.45, 7) is 4.82. The van der Waals surface area contributed by atoms with Gasteiger partial charge in [-0.25, -0.2) is 0 Å². The second kappa shape index (κ2) is 6.77. The summed E-state index contributed by atoms with van der Waals surface area (Å²) in [6, 6.07) is 10.8. The first-order valence-electron chi connectivity index (χ1n) is 6.79. The molecule has 1 unspecified atom stereocenters. The van der Waals surface area contributed by atoms with E-state index in [1.165, 1.54) is 37.9 Å². The maximum atomic E-state index is 3.26. The fourth-order valence-electron chi connectivity index (χ4n) is 2.72. The molecule has 1 saturated heterocycles. The van der Waals surface area contributed by atoms with Gasteiger partial charge in [0.25, 0.3) is 0 Å². The van der Waals surface area contributed by atoms with Gasteiger partial charge in [0, 0.05) is 13.1 Å². The summed E-state index contributed by atoms with van der Waals surface area (Å²) in [5, 5.41) is 3.26. The Balaban J connectivity index is 1.81. The zero-order chi connectivity index (χ0) is 11.9. The molecule has 1 aliphatic heterocycles. The van der Waals surface area contributed by atoms with Gasteiger partial charge in [-0.3, -0.25) is 4.90 Å². The number of likely N-dealkylation sites (tertiary alicyclic amines) is 1. The van der Waals surface area contributed by atoms with E-state index in [0.717, 1.165) is 19.0 Å². The van der Waals surface area contributed by atoms with Crippen LogP contribution in [0.15, 0.2) is 30.3 Å². The summed E-state index contributed by atoms with van der Waals surface area (Å²) >= 11 is 0. The zero-order valence-electron chi connectivity index (χ0n) is 10.9. The molecule has 1 aliphatic rings. The van der Waals surface area contributed by atoms with Gasteiger partial charge < -0.3 is 5.32 Å². The molecule has 1 heterocycles. The average Bonchev–Trinajstić information content (AvgIpc) is 2.38. The molecule has 0 bridgehead atoms. The number of rotatable bonds is 5. The maximum Gasteiger partial charge on any atom is 0.0233 e. The molecule has 2 nitrogen and oxygen atoms in total. The van der Waals surface area contributed by atoms with Crippen molar-refractivity contribution >= 4 is 0 Å². The number of hydrogen-bond acceptors (Lipinski definition) is 2. The van der Waals surface area contributed by atoms with Crippen LogP contribution >= 0.6 is 0 Å². The summed E-state index contributed by atoms with van der Waals surface area (Å²) in [5.41, 5.74) is 1.45. The minimum Gasteiger partial charge on any atom is -0.320 e. The Kier molecular flexibility index (Phi) is 5.02. The van der Waals surface area contributed by atoms with Gasteiger partial charge in [0.15, 0.2) is 0 Å². The maximum absolute atomic E-state index is 3.26. The third-order valence-corrected chi connectivity index (χ3v) is 3.65. The van der Waals surface area contributed by atoms with Gasteiger partial charge in [0.1, 0.15) is 0 Å². The SMILES string of the molecule is CNCCC1CCCN(Cc2ccccc2)C1. The van der Waals surface area contributed by atoms with Crippen molar-refractivity contribution in [3.8, 4) is 0 Å². The molecule has 0 saturated carbocycles. The van der Waals surface area contributed by atoms with E-state index < -0.39 is 0 Å². The second-order valence-corrected chi connectivity index (χ2v) is 5.12. The Bertz CT molecular complexity index is 310. The standard InChI is InChI=1S/C15H24N2/c1-16-10-9-15-8-5-11-17(13-15)12-14-6-3-2-4-7-14/h2-4,6-7,15-16H,5,8-13H2,1H3. The number of hydrogen-bond donors (Lipinski definition) is 1. The molecule has 1 atom stereocenters. The smallest absolute Gasteiger partial charge is 0.0233 e. The molecule has 94 valence electrons. The van der Waals surface area contributed by atoms with Crippen molar-refractivity contribution in [2.24, 2.45) is 5.92 Å². The lowest BCUT2D eigenvalue weighted by atomic mass is 9.94. The van der Waals surface area contributed by atoms with Crippen molar-refractivity contribution < 1.29 is 0 Å². The lowest BCUT2D eigenvalue weighted by molar-refractivity contribution is 0.162. The molecule has 1 N–H and O–H groups in total. The zero-order valence-corrected chi connectivity index (χ0v) is 10.9. The van der Waals surface area contributed by atoms with Gasteiger partial charge in [0.05, 0.1) is 0 Å². The number of nitrogens with one attached hydrogen (secondary N) is 1. The molecule has 1 fully saturated rings. The quantitative estimate of drug-likeness (QED) is 0.839. The summed E-state index contributed by atoms with van der Waals surface area (Å²) < 4.78 is 0.